The quantitative estimate of drug-likeness (QED) is 0.504. The van der Waals surface area contributed by atoms with Crippen molar-refractivity contribution in [3.63, 3.8) is 0 Å². The van der Waals surface area contributed by atoms with Crippen LogP contribution in [0.2, 0.25) is 5.15 Å². The number of carbonyl (C=O) groups excluding carboxylic acids is 1. The Bertz CT molecular complexity index is 1150. The van der Waals surface area contributed by atoms with Gasteiger partial charge in [-0.05, 0) is 36.0 Å². The zero-order chi connectivity index (χ0) is 26.0. The van der Waals surface area contributed by atoms with E-state index in [1.807, 2.05) is 51.1 Å². The lowest BCUT2D eigenvalue weighted by Crippen LogP contribution is -2.49. The molecule has 4 rings (SSSR count). The van der Waals surface area contributed by atoms with E-state index in [0.717, 1.165) is 37.7 Å². The monoisotopic (exact) mass is 508 g/mol. The number of pyridine rings is 1. The Balaban J connectivity index is 1.88. The van der Waals surface area contributed by atoms with Crippen LogP contribution in [0, 0.1) is 28.6 Å². The minimum absolute atomic E-state index is 0.0914. The predicted octanol–water partition coefficient (Wildman–Crippen LogP) is 5.67. The Morgan fingerprint density at radius 2 is 1.81 bits per heavy atom. The predicted molar refractivity (Wildman–Crippen MR) is 138 cm³/mol. The van der Waals surface area contributed by atoms with Gasteiger partial charge in [0.15, 0.2) is 0 Å². The maximum atomic E-state index is 14.1. The number of carboxylic acid groups (broad SMARTS) is 1. The van der Waals surface area contributed by atoms with E-state index in [1.165, 1.54) is 6.07 Å². The van der Waals surface area contributed by atoms with Gasteiger partial charge >= 0.3 is 5.97 Å². The van der Waals surface area contributed by atoms with Crippen molar-refractivity contribution >= 4 is 29.3 Å². The average Bonchev–Trinajstić information content (AvgIpc) is 3.19. The molecule has 2 fully saturated rings. The first-order valence-corrected chi connectivity index (χ1v) is 12.9. The second-order valence-corrected chi connectivity index (χ2v) is 11.3. The number of benzene rings is 1. The van der Waals surface area contributed by atoms with Crippen LogP contribution < -0.4 is 5.32 Å². The van der Waals surface area contributed by atoms with Crippen molar-refractivity contribution in [3.05, 3.63) is 58.7 Å². The fourth-order valence-electron chi connectivity index (χ4n) is 6.02. The molecule has 0 unspecified atom stereocenters. The third-order valence-corrected chi connectivity index (χ3v) is 7.70. The summed E-state index contributed by atoms with van der Waals surface area (Å²) in [6.07, 6.45) is 4.62. The van der Waals surface area contributed by atoms with E-state index >= 15 is 0 Å². The molecule has 190 valence electrons. The van der Waals surface area contributed by atoms with E-state index in [4.69, 9.17) is 11.6 Å². The van der Waals surface area contributed by atoms with Crippen LogP contribution in [0.1, 0.15) is 70.0 Å². The van der Waals surface area contributed by atoms with Crippen LogP contribution in [0.5, 0.6) is 0 Å². The summed E-state index contributed by atoms with van der Waals surface area (Å²) in [6.45, 7) is 6.01. The number of hydrogen-bond donors (Lipinski definition) is 2. The second kappa shape index (κ2) is 10.5. The highest BCUT2D eigenvalue weighted by molar-refractivity contribution is 6.29. The van der Waals surface area contributed by atoms with Crippen LogP contribution >= 0.6 is 11.6 Å². The van der Waals surface area contributed by atoms with E-state index in [2.05, 4.69) is 16.4 Å². The van der Waals surface area contributed by atoms with Crippen molar-refractivity contribution in [3.8, 4) is 6.07 Å². The fraction of sp³-hybridized carbons (Fsp3) is 0.500. The first kappa shape index (κ1) is 26.0. The molecule has 0 radical (unpaired) electrons. The van der Waals surface area contributed by atoms with Crippen LogP contribution in [0.15, 0.2) is 42.5 Å². The number of carbonyl (C=O) groups is 2. The lowest BCUT2D eigenvalue weighted by atomic mass is 9.72. The fourth-order valence-corrected chi connectivity index (χ4v) is 6.23. The summed E-state index contributed by atoms with van der Waals surface area (Å²) in [6, 6.07) is 12.8. The molecule has 1 aromatic heterocycles. The van der Waals surface area contributed by atoms with Crippen LogP contribution in [-0.2, 0) is 9.59 Å². The van der Waals surface area contributed by atoms with E-state index in [1.54, 1.807) is 11.0 Å². The Hall–Kier alpha value is -3.11. The van der Waals surface area contributed by atoms with E-state index in [0.29, 0.717) is 11.4 Å². The van der Waals surface area contributed by atoms with Gasteiger partial charge in [0.1, 0.15) is 17.0 Å². The van der Waals surface area contributed by atoms with E-state index in [9.17, 15) is 20.0 Å². The first-order valence-electron chi connectivity index (χ1n) is 12.6. The van der Waals surface area contributed by atoms with Crippen molar-refractivity contribution in [1.82, 2.24) is 9.88 Å². The van der Waals surface area contributed by atoms with Gasteiger partial charge in [-0.1, -0.05) is 82.0 Å². The van der Waals surface area contributed by atoms with Crippen molar-refractivity contribution < 1.29 is 14.7 Å². The maximum absolute atomic E-state index is 14.1. The number of rotatable bonds is 5. The number of hydrogen-bond acceptors (Lipinski definition) is 5. The maximum Gasteiger partial charge on any atom is 0.326 e. The zero-order valence-corrected chi connectivity index (χ0v) is 21.7. The van der Waals surface area contributed by atoms with Crippen molar-refractivity contribution in [2.45, 2.75) is 71.0 Å². The number of aliphatic carboxylic acids is 1. The average molecular weight is 509 g/mol. The Kier molecular flexibility index (Phi) is 7.56. The molecular formula is C28H33ClN4O3. The third kappa shape index (κ3) is 5.19. The number of carboxylic acids is 1. The number of nitrogens with one attached hydrogen (secondary N) is 1. The SMILES string of the molecule is CC(C)(C)[C@H]1[C@H](Nc2cc(C#N)cc(Cl)n2)[C@H](c2ccccc2)N(C(=O)C2CCCCC2)[C@@H]1C(=O)O. The van der Waals surface area contributed by atoms with Gasteiger partial charge in [0, 0.05) is 11.8 Å². The summed E-state index contributed by atoms with van der Waals surface area (Å²) in [5, 5.41) is 23.6. The van der Waals surface area contributed by atoms with Gasteiger partial charge in [-0.3, -0.25) is 4.79 Å². The van der Waals surface area contributed by atoms with Crippen molar-refractivity contribution in [2.24, 2.45) is 17.3 Å². The van der Waals surface area contributed by atoms with Crippen molar-refractivity contribution in [2.75, 3.05) is 5.32 Å². The number of nitriles is 1. The largest absolute Gasteiger partial charge is 0.480 e. The number of likely N-dealkylation sites (tertiary alicyclic amines) is 1. The smallest absolute Gasteiger partial charge is 0.326 e. The number of aromatic nitrogens is 1. The highest BCUT2D eigenvalue weighted by Crippen LogP contribution is 2.50. The molecule has 2 heterocycles. The molecular weight excluding hydrogens is 476 g/mol. The number of anilines is 1. The molecule has 2 aliphatic rings. The summed E-state index contributed by atoms with van der Waals surface area (Å²) in [5.74, 6) is -1.34. The molecule has 36 heavy (non-hydrogen) atoms. The second-order valence-electron chi connectivity index (χ2n) is 11.0. The molecule has 1 aromatic carbocycles. The molecule has 4 atom stereocenters. The van der Waals surface area contributed by atoms with Gasteiger partial charge in [0.25, 0.3) is 0 Å². The molecule has 0 bridgehead atoms. The Labute approximate surface area is 217 Å². The summed E-state index contributed by atoms with van der Waals surface area (Å²) >= 11 is 6.19. The number of nitrogens with zero attached hydrogens (tertiary/aromatic N) is 3. The van der Waals surface area contributed by atoms with Crippen molar-refractivity contribution in [1.29, 1.82) is 5.26 Å². The minimum atomic E-state index is -1.02. The molecule has 1 aliphatic heterocycles. The first-order chi connectivity index (χ1) is 17.1. The van der Waals surface area contributed by atoms with Crippen LogP contribution in [-0.4, -0.2) is 39.0 Å². The van der Waals surface area contributed by atoms with Gasteiger partial charge in [-0.2, -0.15) is 5.26 Å². The Morgan fingerprint density at radius 3 is 2.39 bits per heavy atom. The molecule has 8 heteroatoms. The van der Waals surface area contributed by atoms with Crippen LogP contribution in [0.4, 0.5) is 5.82 Å². The summed E-state index contributed by atoms with van der Waals surface area (Å²) in [7, 11) is 0. The summed E-state index contributed by atoms with van der Waals surface area (Å²) < 4.78 is 0. The highest BCUT2D eigenvalue weighted by atomic mass is 35.5. The third-order valence-electron chi connectivity index (χ3n) is 7.51. The Morgan fingerprint density at radius 1 is 1.14 bits per heavy atom. The molecule has 1 amide bonds. The molecule has 0 spiro atoms. The number of amides is 1. The lowest BCUT2D eigenvalue weighted by Gasteiger charge is -2.36. The van der Waals surface area contributed by atoms with E-state index < -0.39 is 35.4 Å². The molecule has 2 aromatic rings. The highest BCUT2D eigenvalue weighted by Gasteiger charge is 2.58. The lowest BCUT2D eigenvalue weighted by molar-refractivity contribution is -0.154. The number of halogens is 1. The molecule has 1 saturated carbocycles. The van der Waals surface area contributed by atoms with Gasteiger partial charge in [0.05, 0.1) is 23.7 Å². The van der Waals surface area contributed by atoms with E-state index in [-0.39, 0.29) is 17.0 Å². The molecule has 1 aliphatic carbocycles. The topological polar surface area (TPSA) is 106 Å². The van der Waals surface area contributed by atoms with Gasteiger partial charge in [-0.15, -0.1) is 0 Å². The van der Waals surface area contributed by atoms with Gasteiger partial charge in [0.2, 0.25) is 5.91 Å². The summed E-state index contributed by atoms with van der Waals surface area (Å²) in [4.78, 5) is 33.0. The van der Waals surface area contributed by atoms with Crippen LogP contribution in [0.3, 0.4) is 0 Å². The van der Waals surface area contributed by atoms with Gasteiger partial charge in [-0.25, -0.2) is 9.78 Å². The van der Waals surface area contributed by atoms with Crippen LogP contribution in [0.25, 0.3) is 0 Å². The summed E-state index contributed by atoms with van der Waals surface area (Å²) in [5.41, 5.74) is 0.745. The normalized spacial score (nSPS) is 24.8. The molecule has 7 nitrogen and oxygen atoms in total. The zero-order valence-electron chi connectivity index (χ0n) is 20.9. The van der Waals surface area contributed by atoms with Gasteiger partial charge < -0.3 is 15.3 Å². The molecule has 1 saturated heterocycles. The standard InChI is InChI=1S/C28H33ClN4O3/c1-28(2,3)22-23(32-21-15-17(16-30)14-20(29)31-21)24(18-10-6-4-7-11-18)33(25(22)27(35)36)26(34)19-12-8-5-9-13-19/h4,6-7,10-11,14-15,19,22-25H,5,8-9,12-13H2,1-3H3,(H,31,32)(H,35,36)/t22-,23-,24-,25-/m0/s1. The molecule has 2 N–H and O–H groups in total. The minimum Gasteiger partial charge on any atom is -0.480 e.